The first-order valence-corrected chi connectivity index (χ1v) is 6.72. The molecule has 1 aliphatic heterocycles. The molecule has 0 aromatic rings. The summed E-state index contributed by atoms with van der Waals surface area (Å²) in [4.78, 5) is 13.0. The van der Waals surface area contributed by atoms with Crippen molar-refractivity contribution in [3.8, 4) is 12.3 Å². The lowest BCUT2D eigenvalue weighted by atomic mass is 9.87. The third-order valence-electron chi connectivity index (χ3n) is 3.65. The Labute approximate surface area is 117 Å². The lowest BCUT2D eigenvalue weighted by Gasteiger charge is -2.41. The molecule has 0 bridgehead atoms. The highest BCUT2D eigenvalue weighted by atomic mass is 19.4. The van der Waals surface area contributed by atoms with Gasteiger partial charge in [0.15, 0.2) is 0 Å². The van der Waals surface area contributed by atoms with Crippen LogP contribution < -0.4 is 0 Å². The van der Waals surface area contributed by atoms with E-state index >= 15 is 0 Å². The number of alkyl halides is 3. The van der Waals surface area contributed by atoms with Crippen LogP contribution in [0.3, 0.4) is 0 Å². The summed E-state index contributed by atoms with van der Waals surface area (Å²) in [5, 5.41) is 9.65. The Kier molecular flexibility index (Phi) is 5.88. The van der Waals surface area contributed by atoms with Gasteiger partial charge in [-0.05, 0) is 32.1 Å². The van der Waals surface area contributed by atoms with Crippen molar-refractivity contribution in [1.82, 2.24) is 4.90 Å². The topological polar surface area (TPSA) is 40.5 Å². The summed E-state index contributed by atoms with van der Waals surface area (Å²) < 4.78 is 37.1. The summed E-state index contributed by atoms with van der Waals surface area (Å²) in [5.41, 5.74) is 0. The second-order valence-corrected chi connectivity index (χ2v) is 5.33. The fourth-order valence-corrected chi connectivity index (χ4v) is 2.65. The zero-order valence-electron chi connectivity index (χ0n) is 11.5. The number of aliphatic hydroxyl groups is 1. The van der Waals surface area contributed by atoms with E-state index < -0.39 is 30.7 Å². The molecule has 3 atom stereocenters. The molecule has 0 saturated carbocycles. The van der Waals surface area contributed by atoms with Gasteiger partial charge < -0.3 is 10.0 Å². The number of rotatable bonds is 4. The molecule has 1 saturated heterocycles. The van der Waals surface area contributed by atoms with Gasteiger partial charge in [-0.25, -0.2) is 0 Å². The smallest absolute Gasteiger partial charge is 0.391 e. The van der Waals surface area contributed by atoms with E-state index in [0.29, 0.717) is 19.3 Å². The minimum Gasteiger partial charge on any atom is -0.391 e. The Bertz CT molecular complexity index is 374. The van der Waals surface area contributed by atoms with Crippen LogP contribution in [0.1, 0.15) is 39.0 Å². The van der Waals surface area contributed by atoms with E-state index in [1.54, 1.807) is 0 Å². The number of terminal acetylenes is 1. The van der Waals surface area contributed by atoms with Crippen molar-refractivity contribution in [1.29, 1.82) is 0 Å². The van der Waals surface area contributed by atoms with Gasteiger partial charge in [0.25, 0.3) is 0 Å². The minimum absolute atomic E-state index is 0.109. The number of hydrogen-bond donors (Lipinski definition) is 1. The van der Waals surface area contributed by atoms with Gasteiger partial charge in [0.1, 0.15) is 6.42 Å². The Balaban J connectivity index is 2.73. The number of halogens is 3. The van der Waals surface area contributed by atoms with Gasteiger partial charge in [0.2, 0.25) is 5.91 Å². The second-order valence-electron chi connectivity index (χ2n) is 5.33. The van der Waals surface area contributed by atoms with Crippen molar-refractivity contribution >= 4 is 5.91 Å². The van der Waals surface area contributed by atoms with Crippen LogP contribution in [0.25, 0.3) is 0 Å². The number of carbonyl (C=O) groups is 1. The van der Waals surface area contributed by atoms with E-state index in [1.165, 1.54) is 11.8 Å². The highest BCUT2D eigenvalue weighted by Gasteiger charge is 2.39. The molecule has 6 heteroatoms. The van der Waals surface area contributed by atoms with Crippen molar-refractivity contribution < 1.29 is 23.1 Å². The molecule has 0 aromatic carbocycles. The number of nitrogens with zero attached hydrogens (tertiary/aromatic N) is 1. The summed E-state index contributed by atoms with van der Waals surface area (Å²) >= 11 is 0. The molecular formula is C14H20F3NO2. The normalized spacial score (nSPS) is 25.1. The summed E-state index contributed by atoms with van der Waals surface area (Å²) in [7, 11) is 0. The van der Waals surface area contributed by atoms with Gasteiger partial charge in [0.05, 0.1) is 12.1 Å². The first-order valence-electron chi connectivity index (χ1n) is 6.72. The molecule has 0 aromatic heterocycles. The first kappa shape index (κ1) is 16.8. The number of aliphatic hydroxyl groups excluding tert-OH is 1. The van der Waals surface area contributed by atoms with Crippen LogP contribution in [-0.4, -0.2) is 40.8 Å². The molecule has 0 spiro atoms. The molecule has 1 rings (SSSR count). The summed E-state index contributed by atoms with van der Waals surface area (Å²) in [6, 6.07) is -0.535. The van der Waals surface area contributed by atoms with Crippen molar-refractivity contribution in [2.75, 3.05) is 6.54 Å². The van der Waals surface area contributed by atoms with Gasteiger partial charge in [0, 0.05) is 13.0 Å². The van der Waals surface area contributed by atoms with E-state index in [4.69, 9.17) is 6.42 Å². The SMILES string of the molecule is C#CCCC1CCC([C@H](C)O)N(C(=O)CC(F)(F)F)C1. The zero-order chi connectivity index (χ0) is 15.3. The lowest BCUT2D eigenvalue weighted by molar-refractivity contribution is -0.167. The van der Waals surface area contributed by atoms with E-state index in [2.05, 4.69) is 5.92 Å². The predicted octanol–water partition coefficient (Wildman–Crippen LogP) is 2.34. The van der Waals surface area contributed by atoms with Crippen molar-refractivity contribution in [2.24, 2.45) is 5.92 Å². The molecule has 1 aliphatic rings. The maximum absolute atomic E-state index is 12.4. The number of hydrogen-bond acceptors (Lipinski definition) is 2. The Hall–Kier alpha value is -1.22. The zero-order valence-corrected chi connectivity index (χ0v) is 11.5. The lowest BCUT2D eigenvalue weighted by Crippen LogP contribution is -2.52. The Morgan fingerprint density at radius 1 is 1.50 bits per heavy atom. The van der Waals surface area contributed by atoms with E-state index in [0.717, 1.165) is 6.42 Å². The molecule has 114 valence electrons. The highest BCUT2D eigenvalue weighted by molar-refractivity contribution is 5.77. The fraction of sp³-hybridized carbons (Fsp3) is 0.786. The predicted molar refractivity (Wildman–Crippen MR) is 68.6 cm³/mol. The van der Waals surface area contributed by atoms with Gasteiger partial charge in [-0.15, -0.1) is 12.3 Å². The third kappa shape index (κ3) is 5.04. The molecule has 3 nitrogen and oxygen atoms in total. The molecule has 1 N–H and O–H groups in total. The van der Waals surface area contributed by atoms with Gasteiger partial charge in [-0.2, -0.15) is 13.2 Å². The van der Waals surface area contributed by atoms with Crippen LogP contribution in [0, 0.1) is 18.3 Å². The van der Waals surface area contributed by atoms with Crippen LogP contribution in [-0.2, 0) is 4.79 Å². The average Bonchev–Trinajstić information content (AvgIpc) is 2.33. The first-order chi connectivity index (χ1) is 9.24. The molecule has 0 aliphatic carbocycles. The maximum atomic E-state index is 12.4. The second kappa shape index (κ2) is 6.98. The number of amides is 1. The van der Waals surface area contributed by atoms with Crippen molar-refractivity contribution in [3.63, 3.8) is 0 Å². The Morgan fingerprint density at radius 2 is 2.15 bits per heavy atom. The monoisotopic (exact) mass is 291 g/mol. The molecule has 1 fully saturated rings. The Morgan fingerprint density at radius 3 is 2.65 bits per heavy atom. The maximum Gasteiger partial charge on any atom is 0.397 e. The van der Waals surface area contributed by atoms with Crippen LogP contribution in [0.2, 0.25) is 0 Å². The highest BCUT2D eigenvalue weighted by Crippen LogP contribution is 2.30. The van der Waals surface area contributed by atoms with E-state index in [9.17, 15) is 23.1 Å². The summed E-state index contributed by atoms with van der Waals surface area (Å²) in [5.74, 6) is 1.64. The van der Waals surface area contributed by atoms with Gasteiger partial charge in [-0.3, -0.25) is 4.79 Å². The minimum atomic E-state index is -4.52. The van der Waals surface area contributed by atoms with Crippen LogP contribution in [0.15, 0.2) is 0 Å². The molecular weight excluding hydrogens is 271 g/mol. The standard InChI is InChI=1S/C14H20F3NO2/c1-3-4-5-11-6-7-12(10(2)19)18(9-11)13(20)8-14(15,16)17/h1,10-12,19H,4-9H2,2H3/t10-,11?,12?/m0/s1. The van der Waals surface area contributed by atoms with E-state index in [1.807, 2.05) is 0 Å². The van der Waals surface area contributed by atoms with E-state index in [-0.39, 0.29) is 12.5 Å². The molecule has 1 heterocycles. The molecule has 1 amide bonds. The van der Waals surface area contributed by atoms with Crippen molar-refractivity contribution in [3.05, 3.63) is 0 Å². The molecule has 2 unspecified atom stereocenters. The number of piperidine rings is 1. The molecule has 20 heavy (non-hydrogen) atoms. The van der Waals surface area contributed by atoms with Crippen LogP contribution in [0.4, 0.5) is 13.2 Å². The molecule has 0 radical (unpaired) electrons. The largest absolute Gasteiger partial charge is 0.397 e. The van der Waals surface area contributed by atoms with Crippen molar-refractivity contribution in [2.45, 2.75) is 57.3 Å². The van der Waals surface area contributed by atoms with Gasteiger partial charge >= 0.3 is 6.18 Å². The van der Waals surface area contributed by atoms with Crippen LogP contribution >= 0.6 is 0 Å². The number of carbonyl (C=O) groups excluding carboxylic acids is 1. The van der Waals surface area contributed by atoms with Crippen LogP contribution in [0.5, 0.6) is 0 Å². The third-order valence-corrected chi connectivity index (χ3v) is 3.65. The number of likely N-dealkylation sites (tertiary alicyclic amines) is 1. The average molecular weight is 291 g/mol. The summed E-state index contributed by atoms with van der Waals surface area (Å²) in [6.07, 6.45) is 0.873. The van der Waals surface area contributed by atoms with Gasteiger partial charge in [-0.1, -0.05) is 0 Å². The quantitative estimate of drug-likeness (QED) is 0.808. The summed E-state index contributed by atoms with van der Waals surface area (Å²) in [6.45, 7) is 1.74. The fourth-order valence-electron chi connectivity index (χ4n) is 2.65.